The Morgan fingerprint density at radius 2 is 2.05 bits per heavy atom. The van der Waals surface area contributed by atoms with Crippen molar-refractivity contribution < 1.29 is 8.42 Å². The Bertz CT molecular complexity index is 750. The molecule has 2 aromatic rings. The van der Waals surface area contributed by atoms with Gasteiger partial charge in [0.15, 0.2) is 4.60 Å². The molecular formula is C12H13BrN4O2S. The van der Waals surface area contributed by atoms with Crippen LogP contribution in [-0.4, -0.2) is 23.4 Å². The SMILES string of the molecule is Cn1nnc(Br)c1S(=O)(=O)Nc1ccc2c(c1)CCC2. The van der Waals surface area contributed by atoms with Gasteiger partial charge in [-0.15, -0.1) is 5.10 Å². The Labute approximate surface area is 125 Å². The third-order valence-corrected chi connectivity index (χ3v) is 5.61. The molecule has 1 aliphatic carbocycles. The molecule has 1 aliphatic rings. The molecule has 0 amide bonds. The Hall–Kier alpha value is -1.41. The number of halogens is 1. The molecule has 0 spiro atoms. The van der Waals surface area contributed by atoms with Crippen molar-refractivity contribution >= 4 is 31.6 Å². The molecule has 8 heteroatoms. The molecule has 0 saturated carbocycles. The molecule has 0 saturated heterocycles. The number of aryl methyl sites for hydroxylation is 3. The summed E-state index contributed by atoms with van der Waals surface area (Å²) in [5, 5.41) is 7.39. The van der Waals surface area contributed by atoms with Gasteiger partial charge in [0, 0.05) is 12.7 Å². The van der Waals surface area contributed by atoms with Crippen molar-refractivity contribution in [1.29, 1.82) is 0 Å². The molecule has 0 unspecified atom stereocenters. The van der Waals surface area contributed by atoms with Crippen LogP contribution in [0.2, 0.25) is 0 Å². The number of sulfonamides is 1. The Balaban J connectivity index is 1.94. The monoisotopic (exact) mass is 356 g/mol. The first-order valence-electron chi connectivity index (χ1n) is 6.17. The van der Waals surface area contributed by atoms with Crippen LogP contribution in [0.15, 0.2) is 27.8 Å². The average molecular weight is 357 g/mol. The molecule has 1 heterocycles. The molecule has 0 bridgehead atoms. The highest BCUT2D eigenvalue weighted by molar-refractivity contribution is 9.10. The van der Waals surface area contributed by atoms with Crippen molar-refractivity contribution in [3.63, 3.8) is 0 Å². The standard InChI is InChI=1S/C12H13BrN4O2S/c1-17-12(11(13)14-16-17)20(18,19)15-10-6-5-8-3-2-4-9(8)7-10/h5-7,15H,2-4H2,1H3. The fourth-order valence-corrected chi connectivity index (χ4v) is 4.59. The van der Waals surface area contributed by atoms with Gasteiger partial charge < -0.3 is 0 Å². The van der Waals surface area contributed by atoms with Crippen molar-refractivity contribution in [3.05, 3.63) is 33.9 Å². The van der Waals surface area contributed by atoms with E-state index in [4.69, 9.17) is 0 Å². The minimum atomic E-state index is -3.71. The fourth-order valence-electron chi connectivity index (χ4n) is 2.45. The molecule has 20 heavy (non-hydrogen) atoms. The van der Waals surface area contributed by atoms with Gasteiger partial charge in [0.2, 0.25) is 5.03 Å². The quantitative estimate of drug-likeness (QED) is 0.910. The third kappa shape index (κ3) is 2.33. The summed E-state index contributed by atoms with van der Waals surface area (Å²) in [6.45, 7) is 0. The van der Waals surface area contributed by atoms with Crippen LogP contribution >= 0.6 is 15.9 Å². The van der Waals surface area contributed by atoms with E-state index in [2.05, 4.69) is 31.0 Å². The smallest absolute Gasteiger partial charge is 0.278 e. The van der Waals surface area contributed by atoms with Crippen molar-refractivity contribution in [2.24, 2.45) is 7.05 Å². The van der Waals surface area contributed by atoms with Gasteiger partial charge in [-0.3, -0.25) is 4.72 Å². The maximum absolute atomic E-state index is 12.4. The summed E-state index contributed by atoms with van der Waals surface area (Å²) in [7, 11) is -2.17. The fraction of sp³-hybridized carbons (Fsp3) is 0.333. The van der Waals surface area contributed by atoms with E-state index in [0.717, 1.165) is 19.3 Å². The summed E-state index contributed by atoms with van der Waals surface area (Å²) < 4.78 is 28.7. The first-order chi connectivity index (χ1) is 9.47. The third-order valence-electron chi connectivity index (χ3n) is 3.34. The number of nitrogens with one attached hydrogen (secondary N) is 1. The van der Waals surface area contributed by atoms with Gasteiger partial charge in [-0.2, -0.15) is 8.42 Å². The van der Waals surface area contributed by atoms with Crippen LogP contribution in [0, 0.1) is 0 Å². The van der Waals surface area contributed by atoms with Crippen LogP contribution in [0.25, 0.3) is 0 Å². The van der Waals surface area contributed by atoms with Crippen molar-refractivity contribution in [2.75, 3.05) is 4.72 Å². The summed E-state index contributed by atoms with van der Waals surface area (Å²) >= 11 is 3.10. The minimum absolute atomic E-state index is 0.0120. The lowest BCUT2D eigenvalue weighted by Crippen LogP contribution is -2.17. The van der Waals surface area contributed by atoms with Gasteiger partial charge in [-0.25, -0.2) is 4.68 Å². The number of anilines is 1. The summed E-state index contributed by atoms with van der Waals surface area (Å²) in [5.41, 5.74) is 3.09. The summed E-state index contributed by atoms with van der Waals surface area (Å²) in [6.07, 6.45) is 3.20. The second-order valence-corrected chi connectivity index (χ2v) is 7.10. The molecule has 1 aromatic carbocycles. The maximum atomic E-state index is 12.4. The second-order valence-electron chi connectivity index (χ2n) is 4.75. The largest absolute Gasteiger partial charge is 0.281 e. The molecular weight excluding hydrogens is 344 g/mol. The topological polar surface area (TPSA) is 76.9 Å². The van der Waals surface area contributed by atoms with E-state index in [0.29, 0.717) is 5.69 Å². The highest BCUT2D eigenvalue weighted by atomic mass is 79.9. The van der Waals surface area contributed by atoms with E-state index in [9.17, 15) is 8.42 Å². The van der Waals surface area contributed by atoms with E-state index in [-0.39, 0.29) is 9.63 Å². The van der Waals surface area contributed by atoms with Gasteiger partial charge in [0.05, 0.1) is 0 Å². The normalized spacial score (nSPS) is 14.3. The summed E-state index contributed by atoms with van der Waals surface area (Å²) in [5.74, 6) is 0. The molecule has 106 valence electrons. The number of benzene rings is 1. The van der Waals surface area contributed by atoms with E-state index in [1.54, 1.807) is 6.07 Å². The Morgan fingerprint density at radius 3 is 2.75 bits per heavy atom. The minimum Gasteiger partial charge on any atom is -0.278 e. The number of aromatic nitrogens is 3. The summed E-state index contributed by atoms with van der Waals surface area (Å²) in [6, 6.07) is 5.67. The van der Waals surface area contributed by atoms with Crippen LogP contribution < -0.4 is 4.72 Å². The second kappa shape index (κ2) is 4.85. The number of hydrogen-bond acceptors (Lipinski definition) is 4. The van der Waals surface area contributed by atoms with E-state index >= 15 is 0 Å². The highest BCUT2D eigenvalue weighted by Crippen LogP contribution is 2.27. The van der Waals surface area contributed by atoms with Crippen molar-refractivity contribution in [1.82, 2.24) is 15.0 Å². The Morgan fingerprint density at radius 1 is 1.30 bits per heavy atom. The number of hydrogen-bond donors (Lipinski definition) is 1. The lowest BCUT2D eigenvalue weighted by atomic mass is 10.1. The first-order valence-corrected chi connectivity index (χ1v) is 8.45. The number of rotatable bonds is 3. The van der Waals surface area contributed by atoms with Gasteiger partial charge in [-0.1, -0.05) is 11.3 Å². The zero-order chi connectivity index (χ0) is 14.3. The zero-order valence-electron chi connectivity index (χ0n) is 10.8. The van der Waals surface area contributed by atoms with Gasteiger partial charge in [0.25, 0.3) is 10.0 Å². The van der Waals surface area contributed by atoms with Gasteiger partial charge in [0.1, 0.15) is 0 Å². The van der Waals surface area contributed by atoms with Gasteiger partial charge in [-0.05, 0) is 58.5 Å². The van der Waals surface area contributed by atoms with Crippen molar-refractivity contribution in [3.8, 4) is 0 Å². The predicted octanol–water partition coefficient (Wildman–Crippen LogP) is 1.87. The molecule has 0 aliphatic heterocycles. The number of fused-ring (bicyclic) bond motifs is 1. The lowest BCUT2D eigenvalue weighted by Gasteiger charge is -2.09. The van der Waals surface area contributed by atoms with Crippen LogP contribution in [0.4, 0.5) is 5.69 Å². The zero-order valence-corrected chi connectivity index (χ0v) is 13.2. The van der Waals surface area contributed by atoms with Gasteiger partial charge >= 0.3 is 0 Å². The molecule has 1 N–H and O–H groups in total. The Kier molecular flexibility index (Phi) is 3.29. The highest BCUT2D eigenvalue weighted by Gasteiger charge is 2.24. The molecule has 0 radical (unpaired) electrons. The van der Waals surface area contributed by atoms with Crippen LogP contribution in [0.5, 0.6) is 0 Å². The first kappa shape index (κ1) is 13.6. The van der Waals surface area contributed by atoms with E-state index < -0.39 is 10.0 Å². The van der Waals surface area contributed by atoms with Crippen LogP contribution in [0.1, 0.15) is 17.5 Å². The number of nitrogens with zero attached hydrogens (tertiary/aromatic N) is 3. The molecule has 1 aromatic heterocycles. The average Bonchev–Trinajstić information content (AvgIpc) is 2.95. The van der Waals surface area contributed by atoms with E-state index in [1.807, 2.05) is 12.1 Å². The maximum Gasteiger partial charge on any atom is 0.281 e. The summed E-state index contributed by atoms with van der Waals surface area (Å²) in [4.78, 5) is 0. The molecule has 0 atom stereocenters. The van der Waals surface area contributed by atoms with Crippen LogP contribution in [0.3, 0.4) is 0 Å². The molecule has 6 nitrogen and oxygen atoms in total. The van der Waals surface area contributed by atoms with Crippen molar-refractivity contribution in [2.45, 2.75) is 24.3 Å². The molecule has 0 fully saturated rings. The lowest BCUT2D eigenvalue weighted by molar-refractivity contribution is 0.578. The predicted molar refractivity (Wildman–Crippen MR) is 78.0 cm³/mol. The van der Waals surface area contributed by atoms with E-state index in [1.165, 1.54) is 22.9 Å². The van der Waals surface area contributed by atoms with Crippen LogP contribution in [-0.2, 0) is 29.9 Å². The molecule has 3 rings (SSSR count).